The molecule has 0 bridgehead atoms. The molecule has 0 saturated carbocycles. The number of alkyl halides is 3. The maximum absolute atomic E-state index is 11.8. The molecule has 0 aromatic heterocycles. The van der Waals surface area contributed by atoms with Crippen LogP contribution in [0.1, 0.15) is 18.4 Å². The van der Waals surface area contributed by atoms with Crippen LogP contribution in [0.25, 0.3) is 0 Å². The number of halogens is 3. The summed E-state index contributed by atoms with van der Waals surface area (Å²) in [4.78, 5) is 22.1. The number of amides is 1. The van der Waals surface area contributed by atoms with E-state index < -0.39 is 37.2 Å². The van der Waals surface area contributed by atoms with E-state index in [1.54, 1.807) is 0 Å². The summed E-state index contributed by atoms with van der Waals surface area (Å²) in [6, 6.07) is 5.98. The van der Waals surface area contributed by atoms with Gasteiger partial charge in [0.15, 0.2) is 0 Å². The number of benzene rings is 1. The molecule has 0 radical (unpaired) electrons. The molecule has 0 aliphatic carbocycles. The Morgan fingerprint density at radius 2 is 1.86 bits per heavy atom. The standard InChI is InChI=1S/C13H14F3NO4/c1-8(12(19)20)9-2-4-10(5-3-9)17-11(18)6-21-7-13(14,15)16/h2-5,8H,6-7H2,1H3,(H,17,18)(H,19,20). The van der Waals surface area contributed by atoms with E-state index in [0.717, 1.165) is 0 Å². The lowest BCUT2D eigenvalue weighted by Crippen LogP contribution is -2.24. The second-order valence-electron chi connectivity index (χ2n) is 4.34. The predicted octanol–water partition coefficient (Wildman–Crippen LogP) is 2.39. The van der Waals surface area contributed by atoms with E-state index in [-0.39, 0.29) is 0 Å². The predicted molar refractivity (Wildman–Crippen MR) is 68.0 cm³/mol. The average molecular weight is 305 g/mol. The second-order valence-corrected chi connectivity index (χ2v) is 4.34. The minimum Gasteiger partial charge on any atom is -0.481 e. The monoisotopic (exact) mass is 305 g/mol. The second kappa shape index (κ2) is 7.07. The summed E-state index contributed by atoms with van der Waals surface area (Å²) in [6.45, 7) is -0.691. The lowest BCUT2D eigenvalue weighted by Gasteiger charge is -2.10. The molecule has 1 atom stereocenters. The number of carboxylic acids is 1. The Bertz CT molecular complexity index is 499. The van der Waals surface area contributed by atoms with Crippen LogP contribution in [-0.4, -0.2) is 36.4 Å². The van der Waals surface area contributed by atoms with Crippen molar-refractivity contribution in [2.24, 2.45) is 0 Å². The minimum absolute atomic E-state index is 0.344. The lowest BCUT2D eigenvalue weighted by atomic mass is 10.0. The fourth-order valence-electron chi connectivity index (χ4n) is 1.45. The number of hydrogen-bond acceptors (Lipinski definition) is 3. The van der Waals surface area contributed by atoms with E-state index in [9.17, 15) is 22.8 Å². The molecule has 0 fully saturated rings. The molecular formula is C13H14F3NO4. The zero-order chi connectivity index (χ0) is 16.0. The van der Waals surface area contributed by atoms with Crippen LogP contribution in [0.3, 0.4) is 0 Å². The van der Waals surface area contributed by atoms with Gasteiger partial charge in [-0.3, -0.25) is 9.59 Å². The fraction of sp³-hybridized carbons (Fsp3) is 0.385. The van der Waals surface area contributed by atoms with Crippen molar-refractivity contribution in [2.75, 3.05) is 18.5 Å². The maximum Gasteiger partial charge on any atom is 0.411 e. The van der Waals surface area contributed by atoms with E-state index in [1.165, 1.54) is 31.2 Å². The van der Waals surface area contributed by atoms with Gasteiger partial charge in [-0.25, -0.2) is 0 Å². The lowest BCUT2D eigenvalue weighted by molar-refractivity contribution is -0.174. The van der Waals surface area contributed by atoms with Gasteiger partial charge in [0.2, 0.25) is 5.91 Å². The zero-order valence-electron chi connectivity index (χ0n) is 11.1. The molecule has 0 spiro atoms. The summed E-state index contributed by atoms with van der Waals surface area (Å²) < 4.78 is 39.7. The molecule has 116 valence electrons. The van der Waals surface area contributed by atoms with Gasteiger partial charge in [0.05, 0.1) is 5.92 Å². The van der Waals surface area contributed by atoms with Crippen LogP contribution in [0.5, 0.6) is 0 Å². The van der Waals surface area contributed by atoms with Gasteiger partial charge in [0.1, 0.15) is 13.2 Å². The molecule has 0 saturated heterocycles. The van der Waals surface area contributed by atoms with Crippen LogP contribution in [0, 0.1) is 0 Å². The number of nitrogens with one attached hydrogen (secondary N) is 1. The number of rotatable bonds is 6. The molecule has 2 N–H and O–H groups in total. The summed E-state index contributed by atoms with van der Waals surface area (Å²) in [5, 5.41) is 11.2. The Labute approximate surface area is 118 Å². The van der Waals surface area contributed by atoms with Crippen LogP contribution < -0.4 is 5.32 Å². The number of carbonyl (C=O) groups is 2. The third-order valence-electron chi connectivity index (χ3n) is 2.56. The molecule has 1 unspecified atom stereocenters. The number of aliphatic carboxylic acids is 1. The molecule has 21 heavy (non-hydrogen) atoms. The molecule has 0 aliphatic heterocycles. The van der Waals surface area contributed by atoms with E-state index in [1.807, 2.05) is 0 Å². The largest absolute Gasteiger partial charge is 0.481 e. The number of hydrogen-bond donors (Lipinski definition) is 2. The quantitative estimate of drug-likeness (QED) is 0.846. The summed E-state index contributed by atoms with van der Waals surface area (Å²) in [5.74, 6) is -2.39. The van der Waals surface area contributed by atoms with E-state index in [0.29, 0.717) is 11.3 Å². The smallest absolute Gasteiger partial charge is 0.411 e. The Kier molecular flexibility index (Phi) is 5.71. The van der Waals surface area contributed by atoms with Gasteiger partial charge in [-0.05, 0) is 24.6 Å². The van der Waals surface area contributed by atoms with Gasteiger partial charge < -0.3 is 15.2 Å². The zero-order valence-corrected chi connectivity index (χ0v) is 11.1. The van der Waals surface area contributed by atoms with Crippen LogP contribution >= 0.6 is 0 Å². The number of carbonyl (C=O) groups excluding carboxylic acids is 1. The maximum atomic E-state index is 11.8. The van der Waals surface area contributed by atoms with Crippen molar-refractivity contribution < 1.29 is 32.6 Å². The third kappa shape index (κ3) is 6.26. The van der Waals surface area contributed by atoms with Crippen LogP contribution in [-0.2, 0) is 14.3 Å². The van der Waals surface area contributed by atoms with Gasteiger partial charge in [0, 0.05) is 5.69 Å². The van der Waals surface area contributed by atoms with Gasteiger partial charge in [-0.15, -0.1) is 0 Å². The van der Waals surface area contributed by atoms with Crippen molar-refractivity contribution in [3.05, 3.63) is 29.8 Å². The van der Waals surface area contributed by atoms with E-state index in [4.69, 9.17) is 5.11 Å². The number of carboxylic acid groups (broad SMARTS) is 1. The highest BCUT2D eigenvalue weighted by Crippen LogP contribution is 2.18. The van der Waals surface area contributed by atoms with E-state index >= 15 is 0 Å². The van der Waals surface area contributed by atoms with Crippen molar-refractivity contribution in [3.63, 3.8) is 0 Å². The van der Waals surface area contributed by atoms with Crippen molar-refractivity contribution in [1.29, 1.82) is 0 Å². The Hall–Kier alpha value is -2.09. The Balaban J connectivity index is 2.48. The first-order valence-corrected chi connectivity index (χ1v) is 5.96. The molecule has 8 heteroatoms. The average Bonchev–Trinajstić information content (AvgIpc) is 2.37. The van der Waals surface area contributed by atoms with Gasteiger partial charge in [0.25, 0.3) is 0 Å². The van der Waals surface area contributed by atoms with Crippen molar-refractivity contribution >= 4 is 17.6 Å². The van der Waals surface area contributed by atoms with Crippen molar-refractivity contribution in [3.8, 4) is 0 Å². The summed E-state index contributed by atoms with van der Waals surface area (Å²) in [6.07, 6.45) is -4.48. The summed E-state index contributed by atoms with van der Waals surface area (Å²) in [7, 11) is 0. The van der Waals surface area contributed by atoms with Gasteiger partial charge >= 0.3 is 12.1 Å². The van der Waals surface area contributed by atoms with Crippen LogP contribution in [0.15, 0.2) is 24.3 Å². The van der Waals surface area contributed by atoms with Gasteiger partial charge in [-0.2, -0.15) is 13.2 Å². The summed E-state index contributed by atoms with van der Waals surface area (Å²) in [5.41, 5.74) is 0.894. The molecule has 0 aliphatic rings. The number of ether oxygens (including phenoxy) is 1. The topological polar surface area (TPSA) is 75.6 Å². The van der Waals surface area contributed by atoms with Crippen LogP contribution in [0.4, 0.5) is 18.9 Å². The van der Waals surface area contributed by atoms with Crippen molar-refractivity contribution in [1.82, 2.24) is 0 Å². The molecular weight excluding hydrogens is 291 g/mol. The fourth-order valence-corrected chi connectivity index (χ4v) is 1.45. The van der Waals surface area contributed by atoms with Crippen molar-refractivity contribution in [2.45, 2.75) is 19.0 Å². The molecule has 5 nitrogen and oxygen atoms in total. The first kappa shape index (κ1) is 17.0. The molecule has 1 rings (SSSR count). The minimum atomic E-state index is -4.48. The SMILES string of the molecule is CC(C(=O)O)c1ccc(NC(=O)COCC(F)(F)F)cc1. The molecule has 1 amide bonds. The number of anilines is 1. The third-order valence-corrected chi connectivity index (χ3v) is 2.56. The Morgan fingerprint density at radius 1 is 1.29 bits per heavy atom. The molecule has 0 heterocycles. The molecule has 1 aromatic rings. The van der Waals surface area contributed by atoms with Crippen LogP contribution in [0.2, 0.25) is 0 Å². The summed E-state index contributed by atoms with van der Waals surface area (Å²) >= 11 is 0. The molecule has 1 aromatic carbocycles. The highest BCUT2D eigenvalue weighted by atomic mass is 19.4. The first-order chi connectivity index (χ1) is 9.69. The highest BCUT2D eigenvalue weighted by Gasteiger charge is 2.27. The normalized spacial score (nSPS) is 12.8. The highest BCUT2D eigenvalue weighted by molar-refractivity contribution is 5.91. The van der Waals surface area contributed by atoms with Gasteiger partial charge in [-0.1, -0.05) is 12.1 Å². The Morgan fingerprint density at radius 3 is 2.33 bits per heavy atom. The van der Waals surface area contributed by atoms with E-state index in [2.05, 4.69) is 10.1 Å². The first-order valence-electron chi connectivity index (χ1n) is 5.96.